The van der Waals surface area contributed by atoms with Crippen molar-refractivity contribution in [2.24, 2.45) is 5.73 Å². The molecule has 0 radical (unpaired) electrons. The van der Waals surface area contributed by atoms with Gasteiger partial charge in [-0.1, -0.05) is 0 Å². The highest BCUT2D eigenvalue weighted by Gasteiger charge is 2.17. The van der Waals surface area contributed by atoms with E-state index in [1.807, 2.05) is 19.1 Å². The molecule has 0 saturated carbocycles. The number of nitrogens with zero attached hydrogens (tertiary/aromatic N) is 4. The Morgan fingerprint density at radius 1 is 1.10 bits per heavy atom. The van der Waals surface area contributed by atoms with Gasteiger partial charge in [0.2, 0.25) is 5.88 Å². The number of aryl methyl sites for hydroxylation is 1. The van der Waals surface area contributed by atoms with Gasteiger partial charge in [-0.2, -0.15) is 0 Å². The maximum absolute atomic E-state index is 14.9. The highest BCUT2D eigenvalue weighted by molar-refractivity contribution is 7.21. The summed E-state index contributed by atoms with van der Waals surface area (Å²) in [5, 5.41) is 3.14. The Balaban J connectivity index is 1.28. The van der Waals surface area contributed by atoms with Gasteiger partial charge in [0.25, 0.3) is 5.91 Å². The second-order valence-corrected chi connectivity index (χ2v) is 9.84. The fourth-order valence-electron chi connectivity index (χ4n) is 3.85. The first-order valence-corrected chi connectivity index (χ1v) is 12.8. The number of hydrogen-bond donors (Lipinski definition) is 2. The first-order chi connectivity index (χ1) is 19.2. The lowest BCUT2D eigenvalue weighted by atomic mass is 10.1. The Morgan fingerprint density at radius 3 is 2.65 bits per heavy atom. The number of carbonyl (C=O) groups is 2. The predicted molar refractivity (Wildman–Crippen MR) is 147 cm³/mol. The first kappa shape index (κ1) is 26.7. The number of amides is 2. The third kappa shape index (κ3) is 5.73. The van der Waals surface area contributed by atoms with Crippen molar-refractivity contribution in [3.8, 4) is 22.2 Å². The summed E-state index contributed by atoms with van der Waals surface area (Å²) in [5.74, 6) is -0.869. The number of carbonyl (C=O) groups excluding carboxylic acids is 2. The molecule has 3 aromatic heterocycles. The number of anilines is 1. The molecule has 0 fully saturated rings. The fraction of sp³-hybridized carbons (Fsp3) is 0.185. The van der Waals surface area contributed by atoms with Crippen LogP contribution in [0.25, 0.3) is 31.8 Å². The van der Waals surface area contributed by atoms with Crippen LogP contribution in [-0.2, 0) is 4.74 Å². The number of hydrogen-bond acceptors (Lipinski definition) is 10. The molecule has 2 amide bonds. The molecule has 3 N–H and O–H groups in total. The van der Waals surface area contributed by atoms with Crippen LogP contribution in [0.3, 0.4) is 0 Å². The number of benzene rings is 2. The van der Waals surface area contributed by atoms with E-state index in [4.69, 9.17) is 19.9 Å². The second kappa shape index (κ2) is 11.1. The van der Waals surface area contributed by atoms with Crippen molar-refractivity contribution >= 4 is 50.3 Å². The number of nitrogens with two attached hydrogens (primary N) is 1. The minimum Gasteiger partial charge on any atom is -0.487 e. The molecular formula is C27H23FN6O5S. The van der Waals surface area contributed by atoms with E-state index in [0.717, 1.165) is 11.1 Å². The van der Waals surface area contributed by atoms with E-state index in [-0.39, 0.29) is 18.1 Å². The van der Waals surface area contributed by atoms with E-state index in [1.54, 1.807) is 19.2 Å². The van der Waals surface area contributed by atoms with Crippen molar-refractivity contribution in [2.45, 2.75) is 20.0 Å². The van der Waals surface area contributed by atoms with Gasteiger partial charge in [0, 0.05) is 17.7 Å². The van der Waals surface area contributed by atoms with Gasteiger partial charge in [0.1, 0.15) is 23.4 Å². The van der Waals surface area contributed by atoms with Crippen molar-refractivity contribution in [1.29, 1.82) is 0 Å². The van der Waals surface area contributed by atoms with Gasteiger partial charge in [-0.3, -0.25) is 10.1 Å². The summed E-state index contributed by atoms with van der Waals surface area (Å²) in [7, 11) is 1.53. The zero-order chi connectivity index (χ0) is 28.4. The van der Waals surface area contributed by atoms with Crippen LogP contribution in [-0.4, -0.2) is 51.8 Å². The lowest BCUT2D eigenvalue weighted by Gasteiger charge is -2.15. The number of rotatable bonds is 8. The molecule has 13 heteroatoms. The Bertz CT molecular complexity index is 1740. The minimum absolute atomic E-state index is 0.00317. The largest absolute Gasteiger partial charge is 0.487 e. The average molecular weight is 563 g/mol. The number of nitrogens with one attached hydrogen (secondary N) is 1. The summed E-state index contributed by atoms with van der Waals surface area (Å²) in [6.07, 6.45) is 1.34. The molecule has 0 aliphatic carbocycles. The second-order valence-electron chi connectivity index (χ2n) is 8.81. The molecule has 204 valence electrons. The Morgan fingerprint density at radius 2 is 1.93 bits per heavy atom. The summed E-state index contributed by atoms with van der Waals surface area (Å²) >= 11 is 1.37. The quantitative estimate of drug-likeness (QED) is 0.270. The topological polar surface area (TPSA) is 151 Å². The van der Waals surface area contributed by atoms with Crippen molar-refractivity contribution in [1.82, 2.24) is 19.9 Å². The number of aromatic nitrogens is 4. The van der Waals surface area contributed by atoms with Crippen molar-refractivity contribution < 1.29 is 28.2 Å². The molecule has 0 aliphatic rings. The van der Waals surface area contributed by atoms with Gasteiger partial charge in [-0.05, 0) is 43.7 Å². The molecular weight excluding hydrogens is 539 g/mol. The maximum atomic E-state index is 14.9. The first-order valence-electron chi connectivity index (χ1n) is 12.0. The number of fused-ring (bicyclic) bond motifs is 2. The summed E-state index contributed by atoms with van der Waals surface area (Å²) in [6.45, 7) is 3.46. The molecule has 0 aliphatic heterocycles. The van der Waals surface area contributed by atoms with Crippen LogP contribution in [0.5, 0.6) is 11.6 Å². The number of methoxy groups -OCH3 is 1. The standard InChI is InChI=1S/C27H23FN6O5S/c1-13-6-16(24-20(7-13)33-23(37-3)11-31-24)26-34-19-8-17(28)21(9-22(19)40-26)38-12-14(2)39-27(36)32-15-4-5-18(25(29)35)30-10-15/h4-11,14H,12H2,1-3H3,(H2,29,35)(H,32,36)/t14-/m1/s1. The van der Waals surface area contributed by atoms with Gasteiger partial charge >= 0.3 is 6.09 Å². The molecule has 0 unspecified atom stereocenters. The van der Waals surface area contributed by atoms with Gasteiger partial charge in [0.15, 0.2) is 11.6 Å². The molecule has 5 rings (SSSR count). The highest BCUT2D eigenvalue weighted by Crippen LogP contribution is 2.37. The number of halogens is 1. The van der Waals surface area contributed by atoms with Crippen LogP contribution in [0.4, 0.5) is 14.9 Å². The molecule has 0 spiro atoms. The molecule has 11 nitrogen and oxygen atoms in total. The van der Waals surface area contributed by atoms with E-state index in [9.17, 15) is 14.0 Å². The van der Waals surface area contributed by atoms with Crippen LogP contribution in [0, 0.1) is 12.7 Å². The SMILES string of the molecule is COc1cnc2c(-c3nc4cc(F)c(OC[C@@H](C)OC(=O)Nc5ccc(C(N)=O)nc5)cc4s3)cc(C)cc2n1. The summed E-state index contributed by atoms with van der Waals surface area (Å²) in [4.78, 5) is 40.7. The monoisotopic (exact) mass is 562 g/mol. The molecule has 0 bridgehead atoms. The fourth-order valence-corrected chi connectivity index (χ4v) is 4.84. The number of primary amides is 1. The predicted octanol–water partition coefficient (Wildman–Crippen LogP) is 4.87. The zero-order valence-corrected chi connectivity index (χ0v) is 22.4. The summed E-state index contributed by atoms with van der Waals surface area (Å²) in [6, 6.07) is 9.58. The number of ether oxygens (including phenoxy) is 3. The maximum Gasteiger partial charge on any atom is 0.412 e. The van der Waals surface area contributed by atoms with Crippen LogP contribution in [0.1, 0.15) is 23.0 Å². The van der Waals surface area contributed by atoms with Gasteiger partial charge < -0.3 is 19.9 Å². The van der Waals surface area contributed by atoms with Crippen molar-refractivity contribution in [3.63, 3.8) is 0 Å². The van der Waals surface area contributed by atoms with Gasteiger partial charge in [0.05, 0.1) is 46.4 Å². The van der Waals surface area contributed by atoms with Crippen LogP contribution < -0.4 is 20.5 Å². The Hall–Kier alpha value is -4.91. The van der Waals surface area contributed by atoms with Gasteiger partial charge in [-0.15, -0.1) is 11.3 Å². The number of thiazole rings is 1. The average Bonchev–Trinajstić information content (AvgIpc) is 3.33. The molecule has 3 heterocycles. The zero-order valence-electron chi connectivity index (χ0n) is 21.6. The molecule has 2 aromatic carbocycles. The van der Waals surface area contributed by atoms with Crippen molar-refractivity contribution in [3.05, 3.63) is 65.9 Å². The Kier molecular flexibility index (Phi) is 7.38. The minimum atomic E-state index is -0.765. The normalized spacial score (nSPS) is 11.8. The summed E-state index contributed by atoms with van der Waals surface area (Å²) < 4.78 is 31.7. The van der Waals surface area contributed by atoms with Gasteiger partial charge in [-0.25, -0.2) is 29.1 Å². The van der Waals surface area contributed by atoms with Crippen molar-refractivity contribution in [2.75, 3.05) is 19.0 Å². The lowest BCUT2D eigenvalue weighted by Crippen LogP contribution is -2.25. The third-order valence-corrected chi connectivity index (χ3v) is 6.75. The lowest BCUT2D eigenvalue weighted by molar-refractivity contribution is 0.0844. The van der Waals surface area contributed by atoms with E-state index >= 15 is 0 Å². The van der Waals surface area contributed by atoms with Crippen LogP contribution in [0.2, 0.25) is 0 Å². The van der Waals surface area contributed by atoms with E-state index in [1.165, 1.54) is 42.8 Å². The third-order valence-electron chi connectivity index (χ3n) is 5.69. The molecule has 5 aromatic rings. The summed E-state index contributed by atoms with van der Waals surface area (Å²) in [5.41, 5.74) is 9.07. The number of pyridine rings is 1. The smallest absolute Gasteiger partial charge is 0.412 e. The Labute approximate surface area is 231 Å². The molecule has 40 heavy (non-hydrogen) atoms. The van der Waals surface area contributed by atoms with Crippen LogP contribution >= 0.6 is 11.3 Å². The van der Waals surface area contributed by atoms with E-state index < -0.39 is 23.9 Å². The van der Waals surface area contributed by atoms with E-state index in [0.29, 0.717) is 37.8 Å². The van der Waals surface area contributed by atoms with E-state index in [2.05, 4.69) is 25.3 Å². The van der Waals surface area contributed by atoms with Crippen LogP contribution in [0.15, 0.2) is 48.8 Å². The molecule has 0 saturated heterocycles. The highest BCUT2D eigenvalue weighted by atomic mass is 32.1. The molecule has 1 atom stereocenters.